The third-order valence-electron chi connectivity index (χ3n) is 4.67. The minimum Gasteiger partial charge on any atom is -0.469 e. The van der Waals surface area contributed by atoms with Crippen LogP contribution in [0.15, 0.2) is 0 Å². The molecule has 138 valence electrons. The molecule has 0 aromatic rings. The van der Waals surface area contributed by atoms with Crippen LogP contribution in [0, 0.1) is 36.5 Å². The molecule has 0 amide bonds. The highest BCUT2D eigenvalue weighted by Crippen LogP contribution is 2.36. The van der Waals surface area contributed by atoms with E-state index in [1.807, 2.05) is 13.8 Å². The summed E-state index contributed by atoms with van der Waals surface area (Å²) in [5.74, 6) is -5.49. The first-order valence-electron chi connectivity index (χ1n) is 8.25. The Morgan fingerprint density at radius 3 is 1.75 bits per heavy atom. The summed E-state index contributed by atoms with van der Waals surface area (Å²) in [6.07, 6.45) is 2.93. The Kier molecular flexibility index (Phi) is 10.3. The first kappa shape index (κ1) is 22.4. The highest BCUT2D eigenvalue weighted by Gasteiger charge is 2.46. The van der Waals surface area contributed by atoms with Crippen LogP contribution in [0.4, 0.5) is 0 Å². The van der Waals surface area contributed by atoms with E-state index in [-0.39, 0.29) is 11.8 Å². The van der Waals surface area contributed by atoms with Crippen molar-refractivity contribution >= 4 is 17.9 Å². The summed E-state index contributed by atoms with van der Waals surface area (Å²) >= 11 is 0. The van der Waals surface area contributed by atoms with Crippen LogP contribution in [0.3, 0.4) is 0 Å². The summed E-state index contributed by atoms with van der Waals surface area (Å²) in [6.45, 7) is 11.9. The highest BCUT2D eigenvalue weighted by molar-refractivity contribution is 5.87. The lowest BCUT2D eigenvalue weighted by molar-refractivity contribution is -0.167. The fraction of sp³-hybridized carbons (Fsp3) is 0.778. The zero-order valence-corrected chi connectivity index (χ0v) is 15.5. The molecule has 6 nitrogen and oxygen atoms in total. The lowest BCUT2D eigenvalue weighted by Crippen LogP contribution is -2.43. The molecule has 0 fully saturated rings. The van der Waals surface area contributed by atoms with Crippen molar-refractivity contribution in [2.45, 2.75) is 40.0 Å². The van der Waals surface area contributed by atoms with E-state index in [2.05, 4.69) is 11.7 Å². The number of carbonyl (C=O) groups is 3. The number of unbranched alkanes of at least 4 members (excludes halogenated alkanes) is 1. The number of rotatable bonds is 10. The maximum absolute atomic E-state index is 12.4. The summed E-state index contributed by atoms with van der Waals surface area (Å²) in [7, 11) is 3.62. The van der Waals surface area contributed by atoms with Gasteiger partial charge in [-0.15, -0.1) is 0 Å². The zero-order valence-electron chi connectivity index (χ0n) is 15.5. The van der Waals surface area contributed by atoms with E-state index in [9.17, 15) is 14.4 Å². The van der Waals surface area contributed by atoms with E-state index in [0.717, 1.165) is 19.3 Å². The van der Waals surface area contributed by atoms with Crippen molar-refractivity contribution in [3.05, 3.63) is 6.92 Å². The number of esters is 3. The Hall–Kier alpha value is -1.59. The molecule has 0 rings (SSSR count). The van der Waals surface area contributed by atoms with Gasteiger partial charge in [0.25, 0.3) is 0 Å². The smallest absolute Gasteiger partial charge is 0.310 e. The number of carbonyl (C=O) groups excluding carboxylic acids is 3. The second kappa shape index (κ2) is 11.0. The number of ether oxygens (including phenoxy) is 3. The van der Waals surface area contributed by atoms with E-state index in [0.29, 0.717) is 0 Å². The quantitative estimate of drug-likeness (QED) is 0.448. The molecule has 6 heteroatoms. The van der Waals surface area contributed by atoms with Gasteiger partial charge in [-0.3, -0.25) is 14.4 Å². The maximum Gasteiger partial charge on any atom is 0.310 e. The normalized spacial score (nSPS) is 17.1. The van der Waals surface area contributed by atoms with Crippen molar-refractivity contribution in [2.75, 3.05) is 21.3 Å². The third-order valence-corrected chi connectivity index (χ3v) is 4.67. The van der Waals surface area contributed by atoms with Gasteiger partial charge in [-0.2, -0.15) is 0 Å². The van der Waals surface area contributed by atoms with E-state index in [4.69, 9.17) is 16.4 Å². The zero-order chi connectivity index (χ0) is 18.9. The summed E-state index contributed by atoms with van der Waals surface area (Å²) in [5, 5.41) is 0. The molecular formula is C18H30O6. The predicted molar refractivity (Wildman–Crippen MR) is 88.7 cm³/mol. The van der Waals surface area contributed by atoms with Crippen LogP contribution in [0.2, 0.25) is 0 Å². The van der Waals surface area contributed by atoms with Crippen molar-refractivity contribution in [1.82, 2.24) is 0 Å². The van der Waals surface area contributed by atoms with Crippen molar-refractivity contribution in [1.29, 1.82) is 0 Å². The molecule has 0 bridgehead atoms. The molecule has 0 saturated carbocycles. The fourth-order valence-corrected chi connectivity index (χ4v) is 2.90. The van der Waals surface area contributed by atoms with Crippen LogP contribution in [0.25, 0.3) is 0 Å². The second-order valence-electron chi connectivity index (χ2n) is 6.13. The van der Waals surface area contributed by atoms with Crippen LogP contribution < -0.4 is 0 Å². The molecule has 0 N–H and O–H groups in total. The Morgan fingerprint density at radius 1 is 0.875 bits per heavy atom. The van der Waals surface area contributed by atoms with Gasteiger partial charge in [-0.05, 0) is 18.8 Å². The molecule has 2 radical (unpaired) electrons. The van der Waals surface area contributed by atoms with Crippen LogP contribution in [0.5, 0.6) is 0 Å². The molecule has 0 aliphatic heterocycles. The Balaban J connectivity index is 5.72. The van der Waals surface area contributed by atoms with Gasteiger partial charge in [0.2, 0.25) is 0 Å². The van der Waals surface area contributed by atoms with Gasteiger partial charge in [0, 0.05) is 0 Å². The Morgan fingerprint density at radius 2 is 1.33 bits per heavy atom. The van der Waals surface area contributed by atoms with E-state index < -0.39 is 35.7 Å². The maximum atomic E-state index is 12.4. The first-order valence-corrected chi connectivity index (χ1v) is 8.25. The number of methoxy groups -OCH3 is 3. The Labute approximate surface area is 145 Å². The van der Waals surface area contributed by atoms with Gasteiger partial charge >= 0.3 is 17.9 Å². The molecule has 0 aromatic heterocycles. The molecule has 0 heterocycles. The summed E-state index contributed by atoms with van der Waals surface area (Å²) in [4.78, 5) is 36.5. The second-order valence-corrected chi connectivity index (χ2v) is 6.13. The lowest BCUT2D eigenvalue weighted by Gasteiger charge is -2.33. The average molecular weight is 342 g/mol. The minimum absolute atomic E-state index is 0.144. The van der Waals surface area contributed by atoms with Crippen LogP contribution >= 0.6 is 0 Å². The van der Waals surface area contributed by atoms with E-state index in [1.165, 1.54) is 21.3 Å². The lowest BCUT2D eigenvalue weighted by atomic mass is 9.71. The molecular weight excluding hydrogens is 312 g/mol. The molecule has 0 saturated heterocycles. The van der Waals surface area contributed by atoms with Crippen molar-refractivity contribution in [3.8, 4) is 0 Å². The molecule has 0 spiro atoms. The molecule has 5 unspecified atom stereocenters. The first-order chi connectivity index (χ1) is 11.3. The van der Waals surface area contributed by atoms with Crippen LogP contribution in [-0.2, 0) is 28.6 Å². The molecule has 5 atom stereocenters. The topological polar surface area (TPSA) is 78.9 Å². The standard InChI is InChI=1S/C18H30O6/c1-8-9-10-11(2)12(3)14(17(20)23-6)15(18(21)24-7)13(4)16(19)22-5/h4,11-15H,8-10H2,1-3,5-7H3. The molecule has 24 heavy (non-hydrogen) atoms. The molecule has 0 aliphatic carbocycles. The fourth-order valence-electron chi connectivity index (χ4n) is 2.90. The van der Waals surface area contributed by atoms with Gasteiger partial charge in [0.1, 0.15) is 0 Å². The summed E-state index contributed by atoms with van der Waals surface area (Å²) < 4.78 is 14.3. The van der Waals surface area contributed by atoms with Crippen molar-refractivity contribution < 1.29 is 28.6 Å². The minimum atomic E-state index is -1.30. The highest BCUT2D eigenvalue weighted by atomic mass is 16.5. The van der Waals surface area contributed by atoms with E-state index >= 15 is 0 Å². The Bertz CT molecular complexity index is 420. The van der Waals surface area contributed by atoms with Crippen molar-refractivity contribution in [2.24, 2.45) is 29.6 Å². The molecule has 0 aliphatic rings. The summed E-state index contributed by atoms with van der Waals surface area (Å²) in [5.41, 5.74) is 0. The van der Waals surface area contributed by atoms with Crippen LogP contribution in [-0.4, -0.2) is 39.2 Å². The molecule has 0 aromatic carbocycles. The number of hydrogen-bond donors (Lipinski definition) is 0. The van der Waals surface area contributed by atoms with Crippen molar-refractivity contribution in [3.63, 3.8) is 0 Å². The summed E-state index contributed by atoms with van der Waals surface area (Å²) in [6, 6.07) is 0. The van der Waals surface area contributed by atoms with Gasteiger partial charge in [0.05, 0.1) is 39.1 Å². The largest absolute Gasteiger partial charge is 0.469 e. The predicted octanol–water partition coefficient (Wildman–Crippen LogP) is 2.53. The van der Waals surface area contributed by atoms with Gasteiger partial charge < -0.3 is 14.2 Å². The average Bonchev–Trinajstić information content (AvgIpc) is 2.60. The SMILES string of the molecule is [CH]C(C(=O)OC)C(C(=O)OC)C(C(=O)OC)C(C)C(C)CCCC. The van der Waals surface area contributed by atoms with Gasteiger partial charge in [-0.25, -0.2) is 0 Å². The third kappa shape index (κ3) is 5.80. The number of hydrogen-bond acceptors (Lipinski definition) is 6. The van der Waals surface area contributed by atoms with Crippen LogP contribution in [0.1, 0.15) is 40.0 Å². The monoisotopic (exact) mass is 342 g/mol. The van der Waals surface area contributed by atoms with Gasteiger partial charge in [0.15, 0.2) is 0 Å². The van der Waals surface area contributed by atoms with E-state index in [1.54, 1.807) is 0 Å². The van der Waals surface area contributed by atoms with Gasteiger partial charge in [-0.1, -0.05) is 40.0 Å².